The average Bonchev–Trinajstić information content (AvgIpc) is 2.12. The van der Waals surface area contributed by atoms with Crippen molar-refractivity contribution in [3.8, 4) is 0 Å². The van der Waals surface area contributed by atoms with Crippen molar-refractivity contribution >= 4 is 12.7 Å². The van der Waals surface area contributed by atoms with Gasteiger partial charge < -0.3 is 10.0 Å². The third-order valence-electron chi connectivity index (χ3n) is 0.800. The fraction of sp³-hybridized carbons (Fsp3) is 0.250. The second-order valence-corrected chi connectivity index (χ2v) is 1.39. The summed E-state index contributed by atoms with van der Waals surface area (Å²) in [5, 5.41) is 22.7. The first-order valence-corrected chi connectivity index (χ1v) is 2.16. The van der Waals surface area contributed by atoms with Gasteiger partial charge in [0.1, 0.15) is 0 Å². The molecule has 0 saturated heterocycles. The molecule has 3 N–H and O–H groups in total. The fourth-order valence-electron chi connectivity index (χ4n) is 0.410. The van der Waals surface area contributed by atoms with Gasteiger partial charge in [0.15, 0.2) is 0 Å². The zero-order valence-electron chi connectivity index (χ0n) is 4.07. The Labute approximate surface area is 53.7 Å². The molecule has 0 saturated carbocycles. The summed E-state index contributed by atoms with van der Waals surface area (Å²) in [5.41, 5.74) is 0.310. The second kappa shape index (κ2) is 3.27. The Kier molecular flexibility index (Phi) is 2.97. The molecule has 4 nitrogen and oxygen atoms in total. The molecule has 0 amide bonds. The van der Waals surface area contributed by atoms with Crippen LogP contribution in [0.3, 0.4) is 0 Å². The van der Waals surface area contributed by atoms with E-state index in [2.05, 4.69) is 10.2 Å². The topological polar surface area (TPSA) is 69.1 Å². The number of nitrogens with one attached hydrogen (secondary N) is 1. The largest absolute Gasteiger partial charge is 0.507 e. The Morgan fingerprint density at radius 1 is 1.56 bits per heavy atom. The van der Waals surface area contributed by atoms with Gasteiger partial charge in [-0.2, -0.15) is 5.10 Å². The van der Waals surface area contributed by atoms with E-state index < -0.39 is 7.12 Å². The van der Waals surface area contributed by atoms with Crippen molar-refractivity contribution in [1.82, 2.24) is 10.2 Å². The van der Waals surface area contributed by atoms with Gasteiger partial charge in [0.05, 0.1) is 5.59 Å². The van der Waals surface area contributed by atoms with Crippen molar-refractivity contribution in [3.05, 3.63) is 12.3 Å². The summed E-state index contributed by atoms with van der Waals surface area (Å²) in [4.78, 5) is 0. The summed E-state index contributed by atoms with van der Waals surface area (Å²) in [6.07, 6.45) is 1.45. The van der Waals surface area contributed by atoms with Crippen LogP contribution < -0.4 is 5.59 Å². The van der Waals surface area contributed by atoms with Crippen LogP contribution in [0, 0.1) is 0 Å². The van der Waals surface area contributed by atoms with Crippen molar-refractivity contribution in [2.45, 2.75) is 7.43 Å². The molecule has 50 valence electrons. The van der Waals surface area contributed by atoms with E-state index in [0.29, 0.717) is 5.59 Å². The van der Waals surface area contributed by atoms with Gasteiger partial charge >= 0.3 is 7.12 Å². The predicted octanol–water partition coefficient (Wildman–Crippen LogP) is -1.27. The van der Waals surface area contributed by atoms with Crippen molar-refractivity contribution < 1.29 is 10.0 Å². The lowest BCUT2D eigenvalue weighted by Gasteiger charge is -1.87. The predicted molar refractivity (Wildman–Crippen MR) is 35.1 cm³/mol. The van der Waals surface area contributed by atoms with Crippen LogP contribution >= 0.6 is 0 Å². The third kappa shape index (κ3) is 1.87. The molecule has 0 radical (unpaired) electrons. The van der Waals surface area contributed by atoms with Crippen LogP contribution in [0.25, 0.3) is 0 Å². The number of hydrogen-bond acceptors (Lipinski definition) is 3. The van der Waals surface area contributed by atoms with E-state index in [0.717, 1.165) is 0 Å². The van der Waals surface area contributed by atoms with Gasteiger partial charge in [0, 0.05) is 6.20 Å². The Balaban J connectivity index is 0.000000640. The summed E-state index contributed by atoms with van der Waals surface area (Å²) < 4.78 is 0. The Morgan fingerprint density at radius 2 is 2.22 bits per heavy atom. The number of aromatic amines is 1. The average molecular weight is 128 g/mol. The molecule has 0 atom stereocenters. The van der Waals surface area contributed by atoms with Gasteiger partial charge in [0.2, 0.25) is 0 Å². The molecule has 0 aromatic carbocycles. The molecule has 1 aromatic rings. The van der Waals surface area contributed by atoms with Crippen molar-refractivity contribution in [2.24, 2.45) is 0 Å². The quantitative estimate of drug-likeness (QED) is 0.413. The molecule has 1 heterocycles. The van der Waals surface area contributed by atoms with Gasteiger partial charge in [0.25, 0.3) is 0 Å². The Morgan fingerprint density at radius 3 is 2.44 bits per heavy atom. The normalized spacial score (nSPS) is 8.22. The maximum atomic E-state index is 8.40. The first-order chi connectivity index (χ1) is 3.80. The smallest absolute Gasteiger partial charge is 0.422 e. The summed E-state index contributed by atoms with van der Waals surface area (Å²) in [5.74, 6) is 0. The minimum Gasteiger partial charge on any atom is -0.422 e. The maximum Gasteiger partial charge on any atom is 0.507 e. The molecule has 0 spiro atoms. The van der Waals surface area contributed by atoms with E-state index >= 15 is 0 Å². The number of H-pyrrole nitrogens is 1. The van der Waals surface area contributed by atoms with Gasteiger partial charge in [-0.25, -0.2) is 0 Å². The molecule has 1 rings (SSSR count). The molecule has 0 aliphatic rings. The molecule has 5 heteroatoms. The fourth-order valence-corrected chi connectivity index (χ4v) is 0.410. The van der Waals surface area contributed by atoms with Crippen LogP contribution in [0.15, 0.2) is 12.3 Å². The molecule has 0 aliphatic carbocycles. The Bertz CT molecular complexity index is 152. The van der Waals surface area contributed by atoms with Crippen molar-refractivity contribution in [1.29, 1.82) is 0 Å². The van der Waals surface area contributed by atoms with Crippen LogP contribution in [0.5, 0.6) is 0 Å². The highest BCUT2D eigenvalue weighted by Gasteiger charge is 2.10. The van der Waals surface area contributed by atoms with E-state index in [-0.39, 0.29) is 7.43 Å². The molecule has 0 unspecified atom stereocenters. The maximum absolute atomic E-state index is 8.40. The monoisotopic (exact) mass is 128 g/mol. The molecule has 9 heavy (non-hydrogen) atoms. The van der Waals surface area contributed by atoms with Gasteiger partial charge in [-0.1, -0.05) is 7.43 Å². The van der Waals surface area contributed by atoms with E-state index in [1.54, 1.807) is 0 Å². The highest BCUT2D eigenvalue weighted by molar-refractivity contribution is 6.57. The second-order valence-electron chi connectivity index (χ2n) is 1.39. The molecular weight excluding hydrogens is 119 g/mol. The summed E-state index contributed by atoms with van der Waals surface area (Å²) >= 11 is 0. The zero-order chi connectivity index (χ0) is 5.98. The minimum atomic E-state index is -1.43. The number of hydrogen-bond donors (Lipinski definition) is 3. The van der Waals surface area contributed by atoms with E-state index in [1.165, 1.54) is 12.3 Å². The van der Waals surface area contributed by atoms with Crippen LogP contribution in [-0.4, -0.2) is 27.4 Å². The van der Waals surface area contributed by atoms with E-state index in [1.807, 2.05) is 0 Å². The first-order valence-electron chi connectivity index (χ1n) is 2.16. The van der Waals surface area contributed by atoms with Gasteiger partial charge in [-0.15, -0.1) is 0 Å². The highest BCUT2D eigenvalue weighted by Crippen LogP contribution is 1.70. The lowest BCUT2D eigenvalue weighted by Crippen LogP contribution is -2.30. The standard InChI is InChI=1S/C3H5BN2O2.CH4/c7-4(8)3-1-2-5-6-3;/h1-2,7-8H,(H,5,6);1H4. The molecule has 0 bridgehead atoms. The Hall–Kier alpha value is -0.805. The summed E-state index contributed by atoms with van der Waals surface area (Å²) in [7, 11) is -1.43. The van der Waals surface area contributed by atoms with E-state index in [9.17, 15) is 0 Å². The number of nitrogens with zero attached hydrogens (tertiary/aromatic N) is 1. The minimum absolute atomic E-state index is 0. The summed E-state index contributed by atoms with van der Waals surface area (Å²) in [6.45, 7) is 0. The molecule has 1 aromatic heterocycles. The number of rotatable bonds is 1. The first kappa shape index (κ1) is 8.19. The van der Waals surface area contributed by atoms with Crippen molar-refractivity contribution in [3.63, 3.8) is 0 Å². The van der Waals surface area contributed by atoms with Crippen LogP contribution in [0.1, 0.15) is 7.43 Å². The van der Waals surface area contributed by atoms with Crippen LogP contribution in [-0.2, 0) is 0 Å². The van der Waals surface area contributed by atoms with Crippen LogP contribution in [0.2, 0.25) is 0 Å². The van der Waals surface area contributed by atoms with Crippen LogP contribution in [0.4, 0.5) is 0 Å². The summed E-state index contributed by atoms with van der Waals surface area (Å²) in [6, 6.07) is 1.49. The molecular formula is C4H9BN2O2. The van der Waals surface area contributed by atoms with E-state index in [4.69, 9.17) is 10.0 Å². The molecule has 0 fully saturated rings. The SMILES string of the molecule is C.OB(O)c1ccn[nH]1. The third-order valence-corrected chi connectivity index (χ3v) is 0.800. The van der Waals surface area contributed by atoms with Crippen molar-refractivity contribution in [2.75, 3.05) is 0 Å². The van der Waals surface area contributed by atoms with Gasteiger partial charge in [-0.05, 0) is 6.07 Å². The van der Waals surface area contributed by atoms with Gasteiger partial charge in [-0.3, -0.25) is 5.10 Å². The number of aromatic nitrogens is 2. The highest BCUT2D eigenvalue weighted by atomic mass is 16.4. The lowest BCUT2D eigenvalue weighted by atomic mass is 9.87. The lowest BCUT2D eigenvalue weighted by molar-refractivity contribution is 0.424. The molecule has 0 aliphatic heterocycles. The zero-order valence-corrected chi connectivity index (χ0v) is 4.07.